The zero-order chi connectivity index (χ0) is 20.4. The van der Waals surface area contributed by atoms with Crippen LogP contribution in [-0.4, -0.2) is 62.2 Å². The van der Waals surface area contributed by atoms with Gasteiger partial charge in [-0.25, -0.2) is 4.99 Å². The lowest BCUT2D eigenvalue weighted by Crippen LogP contribution is -2.52. The van der Waals surface area contributed by atoms with E-state index in [1.54, 1.807) is 0 Å². The fraction of sp³-hybridized carbons (Fsp3) is 0.619. The molecule has 1 aliphatic rings. The van der Waals surface area contributed by atoms with Crippen molar-refractivity contribution >= 4 is 17.6 Å². The van der Waals surface area contributed by atoms with Crippen LogP contribution in [0.25, 0.3) is 0 Å². The Balaban J connectivity index is 1.98. The third-order valence-corrected chi connectivity index (χ3v) is 4.77. The maximum Gasteiger partial charge on any atom is 0.221 e. The monoisotopic (exact) mass is 389 g/mol. The quantitative estimate of drug-likeness (QED) is 0.469. The van der Waals surface area contributed by atoms with Gasteiger partial charge in [0.05, 0.1) is 19.8 Å². The van der Waals surface area contributed by atoms with Crippen molar-refractivity contribution in [2.24, 2.45) is 10.9 Å². The summed E-state index contributed by atoms with van der Waals surface area (Å²) < 4.78 is 5.49. The first kappa shape index (κ1) is 22.2. The van der Waals surface area contributed by atoms with Gasteiger partial charge in [-0.1, -0.05) is 26.0 Å². The van der Waals surface area contributed by atoms with E-state index in [0.717, 1.165) is 56.6 Å². The van der Waals surface area contributed by atoms with E-state index in [-0.39, 0.29) is 5.91 Å². The molecule has 28 heavy (non-hydrogen) atoms. The molecule has 0 bridgehead atoms. The second kappa shape index (κ2) is 11.7. The highest BCUT2D eigenvalue weighted by Gasteiger charge is 2.23. The summed E-state index contributed by atoms with van der Waals surface area (Å²) in [6, 6.07) is 8.23. The first-order valence-electron chi connectivity index (χ1n) is 10.2. The Morgan fingerprint density at radius 3 is 2.64 bits per heavy atom. The van der Waals surface area contributed by atoms with E-state index in [0.29, 0.717) is 18.5 Å². The number of carbonyl (C=O) groups is 1. The summed E-state index contributed by atoms with van der Waals surface area (Å²) >= 11 is 0. The van der Waals surface area contributed by atoms with Gasteiger partial charge in [0.15, 0.2) is 5.96 Å². The van der Waals surface area contributed by atoms with E-state index in [4.69, 9.17) is 9.73 Å². The van der Waals surface area contributed by atoms with E-state index in [2.05, 4.69) is 41.6 Å². The number of anilines is 1. The van der Waals surface area contributed by atoms with Crippen molar-refractivity contribution in [3.8, 4) is 0 Å². The minimum absolute atomic E-state index is 0.0708. The maximum absolute atomic E-state index is 11.2. The zero-order valence-corrected chi connectivity index (χ0v) is 17.6. The molecule has 7 heteroatoms. The summed E-state index contributed by atoms with van der Waals surface area (Å²) in [4.78, 5) is 18.5. The Bertz CT molecular complexity index is 641. The molecule has 1 atom stereocenters. The molecule has 1 aromatic rings. The number of hydrogen-bond donors (Lipinski definition) is 3. The number of rotatable bonds is 8. The topological polar surface area (TPSA) is 78.0 Å². The smallest absolute Gasteiger partial charge is 0.221 e. The third kappa shape index (κ3) is 7.48. The third-order valence-electron chi connectivity index (χ3n) is 4.77. The summed E-state index contributed by atoms with van der Waals surface area (Å²) in [7, 11) is 0. The van der Waals surface area contributed by atoms with Crippen LogP contribution < -0.4 is 16.0 Å². The highest BCUT2D eigenvalue weighted by molar-refractivity contribution is 5.88. The van der Waals surface area contributed by atoms with Crippen LogP contribution in [0.5, 0.6) is 0 Å². The number of nitrogens with one attached hydrogen (secondary N) is 3. The lowest BCUT2D eigenvalue weighted by molar-refractivity contribution is -0.114. The fourth-order valence-corrected chi connectivity index (χ4v) is 3.36. The number of guanidine groups is 1. The van der Waals surface area contributed by atoms with Crippen molar-refractivity contribution in [3.63, 3.8) is 0 Å². The van der Waals surface area contributed by atoms with Crippen molar-refractivity contribution in [2.75, 3.05) is 44.7 Å². The molecule has 0 saturated carbocycles. The van der Waals surface area contributed by atoms with Crippen molar-refractivity contribution in [1.82, 2.24) is 15.5 Å². The summed E-state index contributed by atoms with van der Waals surface area (Å²) in [5.41, 5.74) is 1.85. The molecule has 2 rings (SSSR count). The minimum atomic E-state index is -0.0708. The van der Waals surface area contributed by atoms with Crippen LogP contribution in [0, 0.1) is 5.92 Å². The molecule has 7 nitrogen and oxygen atoms in total. The second-order valence-corrected chi connectivity index (χ2v) is 7.42. The molecule has 1 fully saturated rings. The number of aliphatic imine (C=N–C) groups is 1. The maximum atomic E-state index is 11.2. The largest absolute Gasteiger partial charge is 0.379 e. The van der Waals surface area contributed by atoms with E-state index in [1.807, 2.05) is 24.3 Å². The van der Waals surface area contributed by atoms with Gasteiger partial charge in [-0.3, -0.25) is 9.69 Å². The Morgan fingerprint density at radius 2 is 2.00 bits per heavy atom. The molecule has 0 spiro atoms. The Hall–Kier alpha value is -2.12. The predicted molar refractivity (Wildman–Crippen MR) is 115 cm³/mol. The lowest BCUT2D eigenvalue weighted by atomic mass is 10.0. The zero-order valence-electron chi connectivity index (χ0n) is 17.6. The van der Waals surface area contributed by atoms with Gasteiger partial charge in [-0.2, -0.15) is 0 Å². The van der Waals surface area contributed by atoms with E-state index >= 15 is 0 Å². The highest BCUT2D eigenvalue weighted by Crippen LogP contribution is 2.13. The lowest BCUT2D eigenvalue weighted by Gasteiger charge is -2.37. The molecule has 1 aromatic carbocycles. The normalized spacial score (nSPS) is 16.7. The summed E-state index contributed by atoms with van der Waals surface area (Å²) in [5.74, 6) is 1.28. The van der Waals surface area contributed by atoms with Crippen molar-refractivity contribution < 1.29 is 9.53 Å². The average Bonchev–Trinajstić information content (AvgIpc) is 2.66. The van der Waals surface area contributed by atoms with Gasteiger partial charge in [-0.15, -0.1) is 0 Å². The number of nitrogens with zero attached hydrogens (tertiary/aromatic N) is 2. The van der Waals surface area contributed by atoms with Gasteiger partial charge in [0, 0.05) is 44.8 Å². The SMILES string of the molecule is CCNC(=NCc1cccc(NC(C)=O)c1)NCC(C(C)C)N1CCOCC1. The fourth-order valence-electron chi connectivity index (χ4n) is 3.36. The van der Waals surface area contributed by atoms with Gasteiger partial charge >= 0.3 is 0 Å². The molecule has 1 unspecified atom stereocenters. The Morgan fingerprint density at radius 1 is 1.25 bits per heavy atom. The summed E-state index contributed by atoms with van der Waals surface area (Å²) in [6.07, 6.45) is 0. The molecular formula is C21H35N5O2. The van der Waals surface area contributed by atoms with Crippen LogP contribution in [0.1, 0.15) is 33.3 Å². The van der Waals surface area contributed by atoms with E-state index in [9.17, 15) is 4.79 Å². The van der Waals surface area contributed by atoms with Crippen molar-refractivity contribution in [2.45, 2.75) is 40.3 Å². The van der Waals surface area contributed by atoms with Crippen LogP contribution in [-0.2, 0) is 16.1 Å². The molecule has 1 saturated heterocycles. The van der Waals surface area contributed by atoms with Gasteiger partial charge in [0.25, 0.3) is 0 Å². The van der Waals surface area contributed by atoms with Crippen LogP contribution in [0.4, 0.5) is 5.69 Å². The van der Waals surface area contributed by atoms with Crippen LogP contribution in [0.15, 0.2) is 29.3 Å². The predicted octanol–water partition coefficient (Wildman–Crippen LogP) is 2.06. The molecule has 0 aliphatic carbocycles. The van der Waals surface area contributed by atoms with Crippen LogP contribution >= 0.6 is 0 Å². The van der Waals surface area contributed by atoms with Crippen molar-refractivity contribution in [1.29, 1.82) is 0 Å². The number of carbonyl (C=O) groups excluding carboxylic acids is 1. The number of ether oxygens (including phenoxy) is 1. The van der Waals surface area contributed by atoms with E-state index < -0.39 is 0 Å². The Kier molecular flexibility index (Phi) is 9.23. The molecule has 1 amide bonds. The van der Waals surface area contributed by atoms with Gasteiger partial charge in [0.2, 0.25) is 5.91 Å². The molecular weight excluding hydrogens is 354 g/mol. The first-order valence-corrected chi connectivity index (χ1v) is 10.2. The van der Waals surface area contributed by atoms with Gasteiger partial charge in [-0.05, 0) is 30.5 Å². The van der Waals surface area contributed by atoms with E-state index in [1.165, 1.54) is 6.92 Å². The van der Waals surface area contributed by atoms with Crippen molar-refractivity contribution in [3.05, 3.63) is 29.8 Å². The standard InChI is InChI=1S/C21H35N5O2/c1-5-22-21(23-14-18-7-6-8-19(13-18)25-17(4)27)24-15-20(16(2)3)26-9-11-28-12-10-26/h6-8,13,16,20H,5,9-12,14-15H2,1-4H3,(H,25,27)(H2,22,23,24). The molecule has 0 radical (unpaired) electrons. The van der Waals surface area contributed by atoms with Crippen LogP contribution in [0.2, 0.25) is 0 Å². The molecule has 1 aliphatic heterocycles. The Labute approximate surface area is 168 Å². The summed E-state index contributed by atoms with van der Waals surface area (Å²) in [5, 5.41) is 9.64. The van der Waals surface area contributed by atoms with Gasteiger partial charge < -0.3 is 20.7 Å². The second-order valence-electron chi connectivity index (χ2n) is 7.42. The average molecular weight is 390 g/mol. The number of benzene rings is 1. The highest BCUT2D eigenvalue weighted by atomic mass is 16.5. The summed E-state index contributed by atoms with van der Waals surface area (Å²) in [6.45, 7) is 13.9. The molecule has 0 aromatic heterocycles. The number of morpholine rings is 1. The van der Waals surface area contributed by atoms with Gasteiger partial charge in [0.1, 0.15) is 0 Å². The first-order chi connectivity index (χ1) is 13.5. The molecule has 1 heterocycles. The number of hydrogen-bond acceptors (Lipinski definition) is 4. The minimum Gasteiger partial charge on any atom is -0.379 e. The molecule has 156 valence electrons. The van der Waals surface area contributed by atoms with Crippen LogP contribution in [0.3, 0.4) is 0 Å². The number of amides is 1. The molecule has 3 N–H and O–H groups in total.